The summed E-state index contributed by atoms with van der Waals surface area (Å²) in [4.78, 5) is 0. The molecule has 0 aliphatic heterocycles. The second-order valence-electron chi connectivity index (χ2n) is 3.09. The van der Waals surface area contributed by atoms with Crippen LogP contribution in [0.3, 0.4) is 0 Å². The monoisotopic (exact) mass is 153 g/mol. The highest BCUT2D eigenvalue weighted by Gasteiger charge is 2.02. The van der Waals surface area contributed by atoms with Crippen LogP contribution in [0, 0.1) is 5.92 Å². The van der Waals surface area contributed by atoms with Crippen molar-refractivity contribution in [1.29, 1.82) is 0 Å². The molecule has 1 nitrogen and oxygen atoms in total. The predicted molar refractivity (Wildman–Crippen MR) is 51.2 cm³/mol. The van der Waals surface area contributed by atoms with Gasteiger partial charge in [-0.3, -0.25) is 0 Å². The molecule has 0 amide bonds. The Labute approximate surface area is 70.0 Å². The molecular weight excluding hydrogens is 134 g/mol. The van der Waals surface area contributed by atoms with Crippen LogP contribution < -0.4 is 5.73 Å². The van der Waals surface area contributed by atoms with Crippen LogP contribution in [0.2, 0.25) is 0 Å². The van der Waals surface area contributed by atoms with E-state index in [0.29, 0.717) is 5.92 Å². The average molecular weight is 153 g/mol. The first-order valence-electron chi connectivity index (χ1n) is 4.24. The van der Waals surface area contributed by atoms with Crippen LogP contribution in [-0.4, -0.2) is 0 Å². The van der Waals surface area contributed by atoms with Gasteiger partial charge in [0, 0.05) is 5.70 Å². The first-order chi connectivity index (χ1) is 5.13. The molecule has 0 saturated carbocycles. The fourth-order valence-electron chi connectivity index (χ4n) is 1.00. The van der Waals surface area contributed by atoms with E-state index < -0.39 is 0 Å². The Kier molecular flexibility index (Phi) is 4.67. The van der Waals surface area contributed by atoms with Crippen LogP contribution in [-0.2, 0) is 0 Å². The summed E-state index contributed by atoms with van der Waals surface area (Å²) >= 11 is 0. The Hall–Kier alpha value is -0.720. The number of allylic oxidation sites excluding steroid dienone is 3. The summed E-state index contributed by atoms with van der Waals surface area (Å²) in [6.45, 7) is 10.1. The van der Waals surface area contributed by atoms with Gasteiger partial charge in [0.15, 0.2) is 0 Å². The van der Waals surface area contributed by atoms with Crippen molar-refractivity contribution in [2.45, 2.75) is 33.6 Å². The quantitative estimate of drug-likeness (QED) is 0.617. The van der Waals surface area contributed by atoms with Gasteiger partial charge in [-0.25, -0.2) is 0 Å². The molecule has 0 bridgehead atoms. The van der Waals surface area contributed by atoms with E-state index in [1.165, 1.54) is 5.57 Å². The maximum atomic E-state index is 5.87. The van der Waals surface area contributed by atoms with Crippen molar-refractivity contribution in [3.8, 4) is 0 Å². The minimum atomic E-state index is 0.439. The van der Waals surface area contributed by atoms with E-state index in [9.17, 15) is 0 Å². The van der Waals surface area contributed by atoms with Gasteiger partial charge in [0.2, 0.25) is 0 Å². The maximum Gasteiger partial charge on any atom is 0.0139 e. The molecule has 0 unspecified atom stereocenters. The molecule has 0 aromatic rings. The fourth-order valence-corrected chi connectivity index (χ4v) is 1.00. The van der Waals surface area contributed by atoms with Gasteiger partial charge >= 0.3 is 0 Å². The smallest absolute Gasteiger partial charge is 0.0139 e. The summed E-state index contributed by atoms with van der Waals surface area (Å²) in [6.07, 6.45) is 4.06. The predicted octanol–water partition coefficient (Wildman–Crippen LogP) is 2.84. The van der Waals surface area contributed by atoms with Crippen molar-refractivity contribution in [2.24, 2.45) is 11.7 Å². The third-order valence-electron chi connectivity index (χ3n) is 1.76. The Bertz CT molecular complexity index is 154. The highest BCUT2D eigenvalue weighted by Crippen LogP contribution is 2.14. The first-order valence-corrected chi connectivity index (χ1v) is 4.24. The lowest BCUT2D eigenvalue weighted by molar-refractivity contribution is 0.733. The van der Waals surface area contributed by atoms with Crippen molar-refractivity contribution < 1.29 is 0 Å². The molecule has 0 fully saturated rings. The Morgan fingerprint density at radius 3 is 2.36 bits per heavy atom. The lowest BCUT2D eigenvalue weighted by Gasteiger charge is -2.10. The third kappa shape index (κ3) is 3.26. The van der Waals surface area contributed by atoms with E-state index >= 15 is 0 Å². The SMILES string of the molecule is C=C/C(CCC)=C(\N)C(C)C. The lowest BCUT2D eigenvalue weighted by atomic mass is 10.0. The number of hydrogen-bond donors (Lipinski definition) is 1. The molecule has 64 valence electrons. The van der Waals surface area contributed by atoms with E-state index in [0.717, 1.165) is 18.5 Å². The Balaban J connectivity index is 4.39. The Morgan fingerprint density at radius 1 is 1.55 bits per heavy atom. The summed E-state index contributed by atoms with van der Waals surface area (Å²) in [5, 5.41) is 0. The van der Waals surface area contributed by atoms with Gasteiger partial charge in [0.25, 0.3) is 0 Å². The molecule has 1 heteroatoms. The lowest BCUT2D eigenvalue weighted by Crippen LogP contribution is -2.08. The van der Waals surface area contributed by atoms with Crippen molar-refractivity contribution in [1.82, 2.24) is 0 Å². The molecule has 0 aromatic carbocycles. The summed E-state index contributed by atoms with van der Waals surface area (Å²) in [5.41, 5.74) is 8.06. The molecule has 11 heavy (non-hydrogen) atoms. The van der Waals surface area contributed by atoms with Crippen LogP contribution in [0.1, 0.15) is 33.6 Å². The van der Waals surface area contributed by atoms with E-state index in [1.807, 2.05) is 6.08 Å². The molecule has 0 aromatic heterocycles. The summed E-state index contributed by atoms with van der Waals surface area (Å²) < 4.78 is 0. The highest BCUT2D eigenvalue weighted by atomic mass is 14.6. The number of hydrogen-bond acceptors (Lipinski definition) is 1. The second-order valence-corrected chi connectivity index (χ2v) is 3.09. The zero-order valence-corrected chi connectivity index (χ0v) is 7.85. The topological polar surface area (TPSA) is 26.0 Å². The molecule has 0 rings (SSSR count). The molecule has 0 saturated heterocycles. The van der Waals surface area contributed by atoms with Crippen LogP contribution in [0.25, 0.3) is 0 Å². The standard InChI is InChI=1S/C10H19N/c1-5-7-9(6-2)10(11)8(3)4/h6,8H,2,5,7,11H2,1,3-4H3/b10-9+. The molecule has 0 aliphatic carbocycles. The van der Waals surface area contributed by atoms with Crippen LogP contribution in [0.4, 0.5) is 0 Å². The van der Waals surface area contributed by atoms with Gasteiger partial charge in [-0.15, -0.1) is 0 Å². The number of nitrogens with two attached hydrogens (primary N) is 1. The maximum absolute atomic E-state index is 5.87. The van der Waals surface area contributed by atoms with E-state index in [2.05, 4.69) is 27.4 Å². The largest absolute Gasteiger partial charge is 0.402 e. The van der Waals surface area contributed by atoms with Crippen LogP contribution in [0.5, 0.6) is 0 Å². The minimum Gasteiger partial charge on any atom is -0.402 e. The molecular formula is C10H19N. The molecule has 0 aliphatic rings. The third-order valence-corrected chi connectivity index (χ3v) is 1.76. The Morgan fingerprint density at radius 2 is 2.09 bits per heavy atom. The zero-order chi connectivity index (χ0) is 8.85. The molecule has 0 atom stereocenters. The minimum absolute atomic E-state index is 0.439. The zero-order valence-electron chi connectivity index (χ0n) is 7.85. The van der Waals surface area contributed by atoms with Crippen LogP contribution in [0.15, 0.2) is 23.9 Å². The first kappa shape index (κ1) is 10.3. The summed E-state index contributed by atoms with van der Waals surface area (Å²) in [6, 6.07) is 0. The highest BCUT2D eigenvalue weighted by molar-refractivity contribution is 5.23. The van der Waals surface area contributed by atoms with E-state index in [-0.39, 0.29) is 0 Å². The van der Waals surface area contributed by atoms with Gasteiger partial charge in [0.05, 0.1) is 0 Å². The van der Waals surface area contributed by atoms with Crippen molar-refractivity contribution >= 4 is 0 Å². The molecule has 0 heterocycles. The van der Waals surface area contributed by atoms with E-state index in [1.54, 1.807) is 0 Å². The molecule has 0 radical (unpaired) electrons. The van der Waals surface area contributed by atoms with Crippen LogP contribution >= 0.6 is 0 Å². The fraction of sp³-hybridized carbons (Fsp3) is 0.600. The van der Waals surface area contributed by atoms with Gasteiger partial charge < -0.3 is 5.73 Å². The molecule has 2 N–H and O–H groups in total. The van der Waals surface area contributed by atoms with Crippen molar-refractivity contribution in [3.05, 3.63) is 23.9 Å². The van der Waals surface area contributed by atoms with Gasteiger partial charge in [-0.1, -0.05) is 39.8 Å². The molecule has 0 spiro atoms. The van der Waals surface area contributed by atoms with Crippen molar-refractivity contribution in [3.63, 3.8) is 0 Å². The second kappa shape index (κ2) is 5.00. The summed E-state index contributed by atoms with van der Waals surface area (Å²) in [7, 11) is 0. The van der Waals surface area contributed by atoms with E-state index in [4.69, 9.17) is 5.73 Å². The normalized spacial score (nSPS) is 13.1. The summed E-state index contributed by atoms with van der Waals surface area (Å²) in [5.74, 6) is 0.439. The van der Waals surface area contributed by atoms with Gasteiger partial charge in [-0.05, 0) is 17.9 Å². The van der Waals surface area contributed by atoms with Gasteiger partial charge in [-0.2, -0.15) is 0 Å². The number of rotatable bonds is 4. The van der Waals surface area contributed by atoms with Gasteiger partial charge in [0.1, 0.15) is 0 Å². The van der Waals surface area contributed by atoms with Crippen molar-refractivity contribution in [2.75, 3.05) is 0 Å². The average Bonchev–Trinajstić information content (AvgIpc) is 1.98.